The molecule has 3 fully saturated rings. The Labute approximate surface area is 489 Å². The van der Waals surface area contributed by atoms with E-state index in [4.69, 9.17) is 0 Å². The molecule has 430 valence electrons. The van der Waals surface area contributed by atoms with Crippen molar-refractivity contribution in [1.82, 2.24) is 59.0 Å². The van der Waals surface area contributed by atoms with Gasteiger partial charge in [-0.3, -0.25) is 4.57 Å². The number of rotatable bonds is 12. The Balaban J connectivity index is 0.000000132. The van der Waals surface area contributed by atoms with Crippen LogP contribution in [-0.2, 0) is 0 Å². The number of nitrogens with one attached hydrogen (secondary N) is 3. The minimum atomic E-state index is -0.185. The Bertz CT molecular complexity index is 3890. The number of aromatic nitrogens is 9. The molecule has 84 heavy (non-hydrogen) atoms. The summed E-state index contributed by atoms with van der Waals surface area (Å²) in [6.07, 6.45) is 0. The zero-order valence-electron chi connectivity index (χ0n) is 48.2. The van der Waals surface area contributed by atoms with Gasteiger partial charge in [0.15, 0.2) is 17.5 Å². The van der Waals surface area contributed by atoms with Gasteiger partial charge in [0.25, 0.3) is 0 Å². The fraction of sp³-hybridized carbons (Fsp3) is 0.273. The normalized spacial score (nSPS) is 14.5. The predicted octanol–water partition coefficient (Wildman–Crippen LogP) is 8.48. The van der Waals surface area contributed by atoms with Gasteiger partial charge in [0, 0.05) is 118 Å². The lowest BCUT2D eigenvalue weighted by Crippen LogP contribution is -2.43. The molecule has 0 spiro atoms. The van der Waals surface area contributed by atoms with Crippen molar-refractivity contribution in [1.29, 1.82) is 0 Å². The number of nitrogens with zero attached hydrogens (tertiary/aromatic N) is 12. The summed E-state index contributed by atoms with van der Waals surface area (Å²) in [5, 5.41) is 24.1. The van der Waals surface area contributed by atoms with Crippen molar-refractivity contribution in [3.8, 4) is 56.9 Å². The maximum absolute atomic E-state index is 13.4. The van der Waals surface area contributed by atoms with E-state index in [1.165, 1.54) is 26.4 Å². The predicted molar refractivity (Wildman–Crippen MR) is 337 cm³/mol. The van der Waals surface area contributed by atoms with Crippen molar-refractivity contribution >= 4 is 17.1 Å². The van der Waals surface area contributed by atoms with E-state index in [-0.39, 0.29) is 29.2 Å². The first-order chi connectivity index (χ1) is 41.1. The molecule has 3 saturated heterocycles. The second-order valence-corrected chi connectivity index (χ2v) is 21.5. The summed E-state index contributed by atoms with van der Waals surface area (Å²) in [7, 11) is 0. The Morgan fingerprint density at radius 2 is 0.631 bits per heavy atom. The molecule has 3 aliphatic heterocycles. The molecule has 3 aromatic heterocycles. The number of benzene rings is 7. The molecule has 6 heterocycles. The van der Waals surface area contributed by atoms with Crippen molar-refractivity contribution in [3.05, 3.63) is 226 Å². The quantitative estimate of drug-likeness (QED) is 0.107. The summed E-state index contributed by atoms with van der Waals surface area (Å²) in [6, 6.07) is 63.6. The number of hydrogen-bond acceptors (Lipinski definition) is 12. The fourth-order valence-corrected chi connectivity index (χ4v) is 10.8. The SMILES string of the molecule is CC(C)n1c(-c2ccccc2)nn(-c2ccc(N3CCNCC3)cc2)c1=O.CC(C)n1nc(-c2ccccc2)n(-c2ccc(N3CCNCC3)cc2)c1=O.O=c1n(-c2ccccc2)nc(-c2ccccc2)n1-c1ccc(N2CCNCC2)cc1. The summed E-state index contributed by atoms with van der Waals surface area (Å²) >= 11 is 0. The summed E-state index contributed by atoms with van der Waals surface area (Å²) in [5.74, 6) is 1.99. The largest absolute Gasteiger partial charge is 0.369 e. The third-order valence-electron chi connectivity index (χ3n) is 15.2. The number of para-hydroxylation sites is 1. The summed E-state index contributed by atoms with van der Waals surface area (Å²) in [6.45, 7) is 19.9. The van der Waals surface area contributed by atoms with E-state index in [0.29, 0.717) is 17.5 Å². The molecule has 0 radical (unpaired) electrons. The Kier molecular flexibility index (Phi) is 17.7. The van der Waals surface area contributed by atoms with Crippen LogP contribution in [0.5, 0.6) is 0 Å². The van der Waals surface area contributed by atoms with E-state index < -0.39 is 0 Å². The molecule has 3 aliphatic rings. The molecule has 0 saturated carbocycles. The summed E-state index contributed by atoms with van der Waals surface area (Å²) in [5.41, 5.74) is 9.08. The van der Waals surface area contributed by atoms with Gasteiger partial charge >= 0.3 is 17.1 Å². The van der Waals surface area contributed by atoms with Gasteiger partial charge in [-0.2, -0.15) is 9.36 Å². The second-order valence-electron chi connectivity index (χ2n) is 21.5. The maximum atomic E-state index is 13.4. The molecule has 7 aromatic carbocycles. The van der Waals surface area contributed by atoms with Gasteiger partial charge in [-0.15, -0.1) is 15.3 Å². The molecule has 0 aliphatic carbocycles. The number of piperazine rings is 3. The summed E-state index contributed by atoms with van der Waals surface area (Å²) < 4.78 is 9.66. The zero-order chi connectivity index (χ0) is 57.9. The van der Waals surface area contributed by atoms with Crippen molar-refractivity contribution in [2.75, 3.05) is 93.2 Å². The van der Waals surface area contributed by atoms with Crippen LogP contribution in [0.4, 0.5) is 17.1 Å². The monoisotopic (exact) mass is 1120 g/mol. The number of hydrogen-bond donors (Lipinski definition) is 3. The highest BCUT2D eigenvalue weighted by Gasteiger charge is 2.23. The Morgan fingerprint density at radius 3 is 1.02 bits per heavy atom. The molecule has 0 atom stereocenters. The summed E-state index contributed by atoms with van der Waals surface area (Å²) in [4.78, 5) is 46.5. The molecule has 10 aromatic rings. The molecule has 18 nitrogen and oxygen atoms in total. The lowest BCUT2D eigenvalue weighted by Gasteiger charge is -2.29. The molecule has 3 N–H and O–H groups in total. The third-order valence-corrected chi connectivity index (χ3v) is 15.2. The molecule has 0 amide bonds. The van der Waals surface area contributed by atoms with Crippen LogP contribution in [0.25, 0.3) is 56.9 Å². The van der Waals surface area contributed by atoms with E-state index in [1.807, 2.05) is 185 Å². The average Bonchev–Trinajstić information content (AvgIpc) is 3.33. The van der Waals surface area contributed by atoms with Crippen molar-refractivity contribution in [2.45, 2.75) is 39.8 Å². The van der Waals surface area contributed by atoms with Gasteiger partial charge in [-0.25, -0.2) is 28.2 Å². The first kappa shape index (κ1) is 56.5. The lowest BCUT2D eigenvalue weighted by atomic mass is 10.2. The van der Waals surface area contributed by atoms with Crippen LogP contribution in [0.15, 0.2) is 209 Å². The molecule has 18 heteroatoms. The average molecular weight is 1120 g/mol. The third kappa shape index (κ3) is 12.5. The standard InChI is InChI=1S/C24H23N5O.2C21H25N5O/c30-24-28(21-13-11-20(12-14-21)27-17-15-25-16-18-27)23(19-7-3-1-4-8-19)26-29(24)22-9-5-2-6-10-22;1-16(2)26-21(27)25(20(23-26)17-6-4-3-5-7-17)19-10-8-18(9-11-19)24-14-12-22-13-15-24;1-16(2)25-20(17-6-4-3-5-7-17)23-26(21(25)27)19-10-8-18(9-11-19)24-14-12-22-13-15-24/h1-14,25H,15-18H2;2*3-11,16,22H,12-15H2,1-2H3. The van der Waals surface area contributed by atoms with Gasteiger partial charge in [0.2, 0.25) is 0 Å². The van der Waals surface area contributed by atoms with Gasteiger partial charge in [0.1, 0.15) is 0 Å². The van der Waals surface area contributed by atoms with Gasteiger partial charge < -0.3 is 30.7 Å². The van der Waals surface area contributed by atoms with Crippen LogP contribution in [0.1, 0.15) is 39.8 Å². The molecule has 0 unspecified atom stereocenters. The highest BCUT2D eigenvalue weighted by Crippen LogP contribution is 2.27. The van der Waals surface area contributed by atoms with Crippen LogP contribution in [0.3, 0.4) is 0 Å². The second kappa shape index (κ2) is 26.3. The van der Waals surface area contributed by atoms with Gasteiger partial charge in [-0.1, -0.05) is 109 Å². The smallest absolute Gasteiger partial charge is 0.355 e. The lowest BCUT2D eigenvalue weighted by molar-refractivity contribution is 0.512. The molecular formula is C66H73N15O3. The minimum absolute atomic E-state index is 0.00124. The van der Waals surface area contributed by atoms with E-state index in [0.717, 1.165) is 118 Å². The zero-order valence-corrected chi connectivity index (χ0v) is 48.2. The number of anilines is 3. The Morgan fingerprint density at radius 1 is 0.321 bits per heavy atom. The fourth-order valence-electron chi connectivity index (χ4n) is 10.8. The molecular weight excluding hydrogens is 1050 g/mol. The van der Waals surface area contributed by atoms with E-state index in [2.05, 4.69) is 82.3 Å². The molecule has 13 rings (SSSR count). The van der Waals surface area contributed by atoms with Crippen LogP contribution in [0.2, 0.25) is 0 Å². The first-order valence-electron chi connectivity index (χ1n) is 29.2. The topological polar surface area (TPSA) is 165 Å². The van der Waals surface area contributed by atoms with Crippen LogP contribution < -0.4 is 47.7 Å². The first-order valence-corrected chi connectivity index (χ1v) is 29.2. The van der Waals surface area contributed by atoms with E-state index in [9.17, 15) is 14.4 Å². The van der Waals surface area contributed by atoms with Crippen LogP contribution in [0, 0.1) is 0 Å². The van der Waals surface area contributed by atoms with Crippen molar-refractivity contribution in [3.63, 3.8) is 0 Å². The van der Waals surface area contributed by atoms with E-state index >= 15 is 0 Å². The highest BCUT2D eigenvalue weighted by atomic mass is 16.2. The van der Waals surface area contributed by atoms with E-state index in [1.54, 1.807) is 18.4 Å². The maximum Gasteiger partial charge on any atom is 0.355 e. The highest BCUT2D eigenvalue weighted by molar-refractivity contribution is 5.62. The van der Waals surface area contributed by atoms with Gasteiger partial charge in [0.05, 0.1) is 28.8 Å². The van der Waals surface area contributed by atoms with Crippen molar-refractivity contribution in [2.24, 2.45) is 0 Å². The minimum Gasteiger partial charge on any atom is -0.369 e. The van der Waals surface area contributed by atoms with Crippen LogP contribution >= 0.6 is 0 Å². The van der Waals surface area contributed by atoms with Gasteiger partial charge in [-0.05, 0) is 113 Å². The molecule has 0 bridgehead atoms. The van der Waals surface area contributed by atoms with Crippen LogP contribution in [-0.4, -0.2) is 122 Å². The van der Waals surface area contributed by atoms with Crippen molar-refractivity contribution < 1.29 is 0 Å². The Hall–Kier alpha value is -9.36.